The number of carbonyl (C=O) groups excluding carboxylic acids is 2. The molecule has 0 aliphatic heterocycles. The van der Waals surface area contributed by atoms with Gasteiger partial charge in [-0.05, 0) is 38.8 Å². The second-order valence-corrected chi connectivity index (χ2v) is 11.2. The van der Waals surface area contributed by atoms with E-state index in [1.54, 1.807) is 26.0 Å². The van der Waals surface area contributed by atoms with Crippen LogP contribution in [0.4, 0.5) is 0 Å². The first-order valence-corrected chi connectivity index (χ1v) is 14.6. The van der Waals surface area contributed by atoms with E-state index in [9.17, 15) is 9.59 Å². The highest BCUT2D eigenvalue weighted by Crippen LogP contribution is 2.43. The molecule has 0 N–H and O–H groups in total. The maximum atomic E-state index is 12.0. The standard InChI is InChI=1S/C35H48O8/c1-9-19-38-21-31(42-33(36)25(3)4)23-40-29-15-11-27(12-16-29)35(7,8)28-13-17-30(18-14-28)41-24-32(22-39-20-10-2)43-34(37)26(5)6/h9-11,13,15,17,31-32H,1-3,5,12,14,16,18-24H2,4,6-8H3. The van der Waals surface area contributed by atoms with Crippen molar-refractivity contribution >= 4 is 11.9 Å². The third-order valence-corrected chi connectivity index (χ3v) is 7.06. The molecule has 8 nitrogen and oxygen atoms in total. The number of rotatable bonds is 20. The van der Waals surface area contributed by atoms with Crippen molar-refractivity contribution in [3.8, 4) is 0 Å². The zero-order valence-electron chi connectivity index (χ0n) is 26.3. The first-order valence-electron chi connectivity index (χ1n) is 14.6. The van der Waals surface area contributed by atoms with Crippen molar-refractivity contribution < 1.29 is 38.0 Å². The Morgan fingerprint density at radius 3 is 1.42 bits per heavy atom. The second kappa shape index (κ2) is 18.1. The Morgan fingerprint density at radius 1 is 0.721 bits per heavy atom. The van der Waals surface area contributed by atoms with E-state index >= 15 is 0 Å². The van der Waals surface area contributed by atoms with Crippen LogP contribution in [0.1, 0.15) is 53.4 Å². The fourth-order valence-corrected chi connectivity index (χ4v) is 4.43. The number of esters is 2. The Balaban J connectivity index is 1.99. The van der Waals surface area contributed by atoms with Crippen LogP contribution >= 0.6 is 0 Å². The maximum absolute atomic E-state index is 12.0. The fraction of sp³-hybridized carbons (Fsp3) is 0.486. The Labute approximate surface area is 257 Å². The summed E-state index contributed by atoms with van der Waals surface area (Å²) in [7, 11) is 0. The molecule has 2 aliphatic carbocycles. The topological polar surface area (TPSA) is 89.5 Å². The van der Waals surface area contributed by atoms with E-state index in [-0.39, 0.29) is 31.8 Å². The molecule has 8 heteroatoms. The van der Waals surface area contributed by atoms with Gasteiger partial charge in [-0.2, -0.15) is 0 Å². The Kier molecular flexibility index (Phi) is 15.0. The summed E-state index contributed by atoms with van der Waals surface area (Å²) in [5.74, 6) is 0.743. The number of allylic oxidation sites excluding steroid dienone is 8. The summed E-state index contributed by atoms with van der Waals surface area (Å²) in [5, 5.41) is 0. The van der Waals surface area contributed by atoms with Gasteiger partial charge in [-0.3, -0.25) is 0 Å². The number of carbonyl (C=O) groups is 2. The van der Waals surface area contributed by atoms with Crippen molar-refractivity contribution in [3.05, 3.63) is 96.6 Å². The van der Waals surface area contributed by atoms with Gasteiger partial charge in [0.15, 0.2) is 12.2 Å². The third-order valence-electron chi connectivity index (χ3n) is 7.06. The van der Waals surface area contributed by atoms with Crippen LogP contribution in [-0.4, -0.2) is 63.8 Å². The van der Waals surface area contributed by atoms with Crippen molar-refractivity contribution in [1.82, 2.24) is 0 Å². The predicted molar refractivity (Wildman–Crippen MR) is 168 cm³/mol. The van der Waals surface area contributed by atoms with Crippen molar-refractivity contribution in [2.24, 2.45) is 5.41 Å². The van der Waals surface area contributed by atoms with Crippen molar-refractivity contribution in [3.63, 3.8) is 0 Å². The first kappa shape index (κ1) is 35.6. The van der Waals surface area contributed by atoms with E-state index in [0.717, 1.165) is 37.2 Å². The second-order valence-electron chi connectivity index (χ2n) is 11.2. The highest BCUT2D eigenvalue weighted by Gasteiger charge is 2.30. The van der Waals surface area contributed by atoms with Crippen LogP contribution < -0.4 is 0 Å². The zero-order valence-corrected chi connectivity index (χ0v) is 26.3. The van der Waals surface area contributed by atoms with Crippen LogP contribution in [0.3, 0.4) is 0 Å². The van der Waals surface area contributed by atoms with Crippen LogP contribution in [0.5, 0.6) is 0 Å². The van der Waals surface area contributed by atoms with Crippen LogP contribution in [0.25, 0.3) is 0 Å². The third kappa shape index (κ3) is 12.3. The summed E-state index contributed by atoms with van der Waals surface area (Å²) < 4.78 is 33.9. The Morgan fingerprint density at radius 2 is 1.12 bits per heavy atom. The minimum absolute atomic E-state index is 0.139. The van der Waals surface area contributed by atoms with Crippen molar-refractivity contribution in [2.45, 2.75) is 65.6 Å². The van der Waals surface area contributed by atoms with Crippen LogP contribution in [0.2, 0.25) is 0 Å². The van der Waals surface area contributed by atoms with Gasteiger partial charge in [-0.15, -0.1) is 13.2 Å². The van der Waals surface area contributed by atoms with Crippen LogP contribution in [-0.2, 0) is 38.0 Å². The molecule has 2 unspecified atom stereocenters. The van der Waals surface area contributed by atoms with Gasteiger partial charge in [0.25, 0.3) is 0 Å². The summed E-state index contributed by atoms with van der Waals surface area (Å²) in [6.07, 6.45) is 13.7. The maximum Gasteiger partial charge on any atom is 0.333 e. The average molecular weight is 597 g/mol. The lowest BCUT2D eigenvalue weighted by atomic mass is 9.71. The molecule has 2 atom stereocenters. The van der Waals surface area contributed by atoms with Gasteiger partial charge in [-0.25, -0.2) is 9.59 Å². The molecule has 0 fully saturated rings. The molecule has 0 radical (unpaired) electrons. The van der Waals surface area contributed by atoms with Crippen LogP contribution in [0, 0.1) is 5.41 Å². The predicted octanol–water partition coefficient (Wildman–Crippen LogP) is 6.64. The minimum Gasteiger partial charge on any atom is -0.494 e. The lowest BCUT2D eigenvalue weighted by molar-refractivity contribution is -0.150. The number of ether oxygens (including phenoxy) is 6. The molecule has 0 amide bonds. The summed E-state index contributed by atoms with van der Waals surface area (Å²) in [4.78, 5) is 24.0. The molecule has 0 aromatic heterocycles. The van der Waals surface area contributed by atoms with Gasteiger partial charge in [0.2, 0.25) is 0 Å². The molecule has 43 heavy (non-hydrogen) atoms. The van der Waals surface area contributed by atoms with Gasteiger partial charge in [-0.1, -0.05) is 62.5 Å². The molecule has 2 rings (SSSR count). The van der Waals surface area contributed by atoms with Gasteiger partial charge in [0.05, 0.1) is 37.9 Å². The Bertz CT molecular complexity index is 1060. The summed E-state index contributed by atoms with van der Waals surface area (Å²) in [6.45, 7) is 23.8. The first-order chi connectivity index (χ1) is 20.5. The van der Waals surface area contributed by atoms with E-state index < -0.39 is 24.1 Å². The minimum atomic E-state index is -0.546. The Hall–Kier alpha value is -3.62. The van der Waals surface area contributed by atoms with Crippen LogP contribution in [0.15, 0.2) is 96.6 Å². The smallest absolute Gasteiger partial charge is 0.333 e. The largest absolute Gasteiger partial charge is 0.494 e. The van der Waals surface area contributed by atoms with E-state index in [1.165, 1.54) is 11.1 Å². The molecule has 0 spiro atoms. The molecular weight excluding hydrogens is 548 g/mol. The van der Waals surface area contributed by atoms with Gasteiger partial charge >= 0.3 is 11.9 Å². The molecule has 0 heterocycles. The zero-order chi connectivity index (χ0) is 31.8. The molecule has 236 valence electrons. The highest BCUT2D eigenvalue weighted by molar-refractivity contribution is 5.87. The number of hydrogen-bond donors (Lipinski definition) is 0. The summed E-state index contributed by atoms with van der Waals surface area (Å²) in [6, 6.07) is 0. The van der Waals surface area contributed by atoms with Gasteiger partial charge in [0, 0.05) is 29.4 Å². The molecule has 0 bridgehead atoms. The summed E-state index contributed by atoms with van der Waals surface area (Å²) >= 11 is 0. The molecule has 0 aromatic rings. The molecule has 0 saturated carbocycles. The fourth-order valence-electron chi connectivity index (χ4n) is 4.43. The van der Waals surface area contributed by atoms with E-state index in [0.29, 0.717) is 24.4 Å². The molecule has 0 aromatic carbocycles. The van der Waals surface area contributed by atoms with Crippen molar-refractivity contribution in [1.29, 1.82) is 0 Å². The SMILES string of the molecule is C=CCOCC(COC1=CC=C(C(C)(C)C2=CC=C(OCC(COCC=C)OC(=O)C(=C)C)CC2)CC1)OC(=O)C(=C)C. The van der Waals surface area contributed by atoms with E-state index in [4.69, 9.17) is 28.4 Å². The molecular formula is C35H48O8. The lowest BCUT2D eigenvalue weighted by Crippen LogP contribution is -2.29. The normalized spacial score (nSPS) is 16.3. The average Bonchev–Trinajstić information content (AvgIpc) is 2.98. The van der Waals surface area contributed by atoms with Gasteiger partial charge < -0.3 is 28.4 Å². The highest BCUT2D eigenvalue weighted by atomic mass is 16.6. The monoisotopic (exact) mass is 596 g/mol. The van der Waals surface area contributed by atoms with E-state index in [2.05, 4.69) is 52.3 Å². The van der Waals surface area contributed by atoms with E-state index in [1.807, 2.05) is 12.2 Å². The van der Waals surface area contributed by atoms with Gasteiger partial charge in [0.1, 0.15) is 13.2 Å². The quantitative estimate of drug-likeness (QED) is 0.0669. The molecule has 0 saturated heterocycles. The number of hydrogen-bond acceptors (Lipinski definition) is 8. The lowest BCUT2D eigenvalue weighted by Gasteiger charge is -2.34. The summed E-state index contributed by atoms with van der Waals surface area (Å²) in [5.41, 5.74) is 3.14. The molecule has 2 aliphatic rings. The van der Waals surface area contributed by atoms with Crippen molar-refractivity contribution in [2.75, 3.05) is 39.6 Å².